The van der Waals surface area contributed by atoms with Gasteiger partial charge in [-0.05, 0) is 37.1 Å². The number of carbonyl (C=O) groups is 3. The molecule has 1 aliphatic heterocycles. The van der Waals surface area contributed by atoms with Crippen molar-refractivity contribution < 1.29 is 19.1 Å². The minimum absolute atomic E-state index is 0.314. The van der Waals surface area contributed by atoms with E-state index in [0.29, 0.717) is 23.6 Å². The van der Waals surface area contributed by atoms with E-state index in [1.807, 2.05) is 0 Å². The second-order valence-corrected chi connectivity index (χ2v) is 6.43. The van der Waals surface area contributed by atoms with Crippen LogP contribution in [0.5, 0.6) is 5.75 Å². The van der Waals surface area contributed by atoms with Gasteiger partial charge in [-0.1, -0.05) is 30.9 Å². The summed E-state index contributed by atoms with van der Waals surface area (Å²) in [5, 5.41) is 4.04. The fourth-order valence-corrected chi connectivity index (χ4v) is 3.18. The predicted molar refractivity (Wildman–Crippen MR) is 86.3 cm³/mol. The summed E-state index contributed by atoms with van der Waals surface area (Å²) >= 11 is 5.77. The second kappa shape index (κ2) is 6.68. The number of rotatable bonds is 4. The van der Waals surface area contributed by atoms with Crippen LogP contribution in [-0.2, 0) is 9.59 Å². The fourth-order valence-electron chi connectivity index (χ4n) is 3.05. The maximum absolute atomic E-state index is 12.5. The summed E-state index contributed by atoms with van der Waals surface area (Å²) in [5.74, 6) is -0.510. The quantitative estimate of drug-likeness (QED) is 0.812. The maximum Gasteiger partial charge on any atom is 0.344 e. The number of imide groups is 1. The van der Waals surface area contributed by atoms with Gasteiger partial charge in [0, 0.05) is 5.02 Å². The first kappa shape index (κ1) is 16.6. The zero-order valence-corrected chi connectivity index (χ0v) is 13.8. The van der Waals surface area contributed by atoms with E-state index < -0.39 is 23.4 Å². The second-order valence-electron chi connectivity index (χ2n) is 5.99. The molecule has 3 rings (SSSR count). The van der Waals surface area contributed by atoms with Crippen LogP contribution >= 0.6 is 11.6 Å². The highest BCUT2D eigenvalue weighted by atomic mass is 35.5. The summed E-state index contributed by atoms with van der Waals surface area (Å²) in [5.41, 5.74) is 1.45. The summed E-state index contributed by atoms with van der Waals surface area (Å²) in [6.07, 6.45) is 4.02. The fraction of sp³-hybridized carbons (Fsp3) is 0.438. The van der Waals surface area contributed by atoms with Crippen molar-refractivity contribution >= 4 is 29.4 Å². The van der Waals surface area contributed by atoms with E-state index in [9.17, 15) is 14.4 Å². The first-order valence-electron chi connectivity index (χ1n) is 7.85. The van der Waals surface area contributed by atoms with Crippen molar-refractivity contribution in [2.24, 2.45) is 0 Å². The molecule has 1 aromatic rings. The van der Waals surface area contributed by atoms with Crippen molar-refractivity contribution in [3.63, 3.8) is 0 Å². The molecule has 0 radical (unpaired) electrons. The molecule has 4 amide bonds. The van der Waals surface area contributed by atoms with Gasteiger partial charge in [0.1, 0.15) is 11.3 Å². The molecule has 0 bridgehead atoms. The van der Waals surface area contributed by atoms with Crippen LogP contribution in [0, 0.1) is 0 Å². The Bertz CT molecular complexity index is 656. The lowest BCUT2D eigenvalue weighted by molar-refractivity contribution is -0.140. The Morgan fingerprint density at radius 1 is 1.21 bits per heavy atom. The zero-order valence-electron chi connectivity index (χ0n) is 13.0. The largest absolute Gasteiger partial charge is 0.484 e. The van der Waals surface area contributed by atoms with E-state index >= 15 is 0 Å². The third kappa shape index (κ3) is 3.31. The Morgan fingerprint density at radius 2 is 1.88 bits per heavy atom. The molecule has 8 heteroatoms. The van der Waals surface area contributed by atoms with Crippen molar-refractivity contribution in [3.8, 4) is 5.75 Å². The van der Waals surface area contributed by atoms with Crippen molar-refractivity contribution in [2.45, 2.75) is 37.6 Å². The number of hydrogen-bond acceptors (Lipinski definition) is 4. The number of nitrogens with zero attached hydrogens (tertiary/aromatic N) is 1. The Hall–Kier alpha value is -2.28. The maximum atomic E-state index is 12.5. The number of ether oxygens (including phenoxy) is 1. The smallest absolute Gasteiger partial charge is 0.344 e. The van der Waals surface area contributed by atoms with Crippen LogP contribution < -0.4 is 15.5 Å². The number of urea groups is 1. The van der Waals surface area contributed by atoms with Crippen LogP contribution in [0.25, 0.3) is 0 Å². The first-order valence-corrected chi connectivity index (χ1v) is 8.22. The molecule has 1 saturated carbocycles. The summed E-state index contributed by atoms with van der Waals surface area (Å²) in [7, 11) is 0. The van der Waals surface area contributed by atoms with Gasteiger partial charge >= 0.3 is 6.03 Å². The number of nitrogens with one attached hydrogen (secondary N) is 2. The molecule has 0 atom stereocenters. The lowest BCUT2D eigenvalue weighted by atomic mass is 9.82. The third-order valence-corrected chi connectivity index (χ3v) is 4.54. The molecule has 1 aromatic carbocycles. The summed E-state index contributed by atoms with van der Waals surface area (Å²) in [4.78, 5) is 36.5. The van der Waals surface area contributed by atoms with Gasteiger partial charge in [-0.25, -0.2) is 4.79 Å². The van der Waals surface area contributed by atoms with Gasteiger partial charge in [-0.2, -0.15) is 5.01 Å². The highest BCUT2D eigenvalue weighted by Gasteiger charge is 2.52. The first-order chi connectivity index (χ1) is 11.5. The standard InChI is InChI=1S/C16H18ClN3O4/c17-11-4-6-12(7-5-11)24-10-13(21)19-20-14(22)16(18-15(20)23)8-2-1-3-9-16/h4-7H,1-3,8-10H2,(H,18,23)(H,19,21). The number of hydrazine groups is 1. The third-order valence-electron chi connectivity index (χ3n) is 4.29. The molecule has 2 aliphatic rings. The van der Waals surface area contributed by atoms with E-state index in [-0.39, 0.29) is 6.61 Å². The minimum Gasteiger partial charge on any atom is -0.484 e. The lowest BCUT2D eigenvalue weighted by Crippen LogP contribution is -2.51. The number of benzene rings is 1. The lowest BCUT2D eigenvalue weighted by Gasteiger charge is -2.30. The van der Waals surface area contributed by atoms with Crippen LogP contribution in [0.15, 0.2) is 24.3 Å². The predicted octanol–water partition coefficient (Wildman–Crippen LogP) is 2.00. The van der Waals surface area contributed by atoms with Gasteiger partial charge in [0.25, 0.3) is 11.8 Å². The highest BCUT2D eigenvalue weighted by molar-refractivity contribution is 6.30. The molecule has 0 unspecified atom stereocenters. The molecule has 1 saturated heterocycles. The van der Waals surface area contributed by atoms with E-state index in [0.717, 1.165) is 24.3 Å². The molecule has 7 nitrogen and oxygen atoms in total. The van der Waals surface area contributed by atoms with Crippen molar-refractivity contribution in [2.75, 3.05) is 6.61 Å². The van der Waals surface area contributed by atoms with Crippen LogP contribution in [0.4, 0.5) is 4.79 Å². The summed E-state index contributed by atoms with van der Waals surface area (Å²) in [6, 6.07) is 5.93. The monoisotopic (exact) mass is 351 g/mol. The number of amides is 4. The van der Waals surface area contributed by atoms with Crippen molar-refractivity contribution in [1.29, 1.82) is 0 Å². The van der Waals surface area contributed by atoms with Gasteiger partial charge in [0.05, 0.1) is 0 Å². The molecule has 2 N–H and O–H groups in total. The average Bonchev–Trinajstić information content (AvgIpc) is 2.79. The molecular weight excluding hydrogens is 334 g/mol. The number of halogens is 1. The van der Waals surface area contributed by atoms with Gasteiger partial charge in [-0.3, -0.25) is 15.0 Å². The molecule has 128 valence electrons. The van der Waals surface area contributed by atoms with Crippen LogP contribution in [0.1, 0.15) is 32.1 Å². The summed E-state index contributed by atoms with van der Waals surface area (Å²) < 4.78 is 5.30. The minimum atomic E-state index is -0.861. The molecule has 1 spiro atoms. The number of hydrogen-bond donors (Lipinski definition) is 2. The molecule has 2 fully saturated rings. The van der Waals surface area contributed by atoms with Gasteiger partial charge in [0.15, 0.2) is 6.61 Å². The van der Waals surface area contributed by atoms with Gasteiger partial charge < -0.3 is 10.1 Å². The molecule has 0 aromatic heterocycles. The van der Waals surface area contributed by atoms with Gasteiger partial charge in [0.2, 0.25) is 0 Å². The van der Waals surface area contributed by atoms with E-state index in [4.69, 9.17) is 16.3 Å². The highest BCUT2D eigenvalue weighted by Crippen LogP contribution is 2.32. The molecule has 1 aliphatic carbocycles. The van der Waals surface area contributed by atoms with Crippen LogP contribution in [-0.4, -0.2) is 35.0 Å². The molecule has 1 heterocycles. The van der Waals surface area contributed by atoms with E-state index in [1.165, 1.54) is 0 Å². The van der Waals surface area contributed by atoms with E-state index in [2.05, 4.69) is 10.7 Å². The Morgan fingerprint density at radius 3 is 2.54 bits per heavy atom. The molecular formula is C16H18ClN3O4. The number of carbonyl (C=O) groups excluding carboxylic acids is 3. The van der Waals surface area contributed by atoms with E-state index in [1.54, 1.807) is 24.3 Å². The van der Waals surface area contributed by atoms with Crippen molar-refractivity contribution in [3.05, 3.63) is 29.3 Å². The average molecular weight is 352 g/mol. The Labute approximate surface area is 144 Å². The SMILES string of the molecule is O=C(COc1ccc(Cl)cc1)NN1C(=O)NC2(CCCCC2)C1=O. The van der Waals surface area contributed by atoms with Crippen molar-refractivity contribution in [1.82, 2.24) is 15.8 Å². The van der Waals surface area contributed by atoms with Crippen LogP contribution in [0.2, 0.25) is 5.02 Å². The zero-order chi connectivity index (χ0) is 17.2. The van der Waals surface area contributed by atoms with Crippen LogP contribution in [0.3, 0.4) is 0 Å². The Kier molecular flexibility index (Phi) is 4.62. The molecule has 24 heavy (non-hydrogen) atoms. The Balaban J connectivity index is 1.56. The summed E-state index contributed by atoms with van der Waals surface area (Å²) in [6.45, 7) is -0.314. The van der Waals surface area contributed by atoms with Gasteiger partial charge in [-0.15, -0.1) is 0 Å². The topological polar surface area (TPSA) is 87.7 Å². The normalized spacial score (nSPS) is 19.3.